The minimum Gasteiger partial charge on any atom is -0.299 e. The highest BCUT2D eigenvalue weighted by molar-refractivity contribution is 7.92. The van der Waals surface area contributed by atoms with Gasteiger partial charge in [0.1, 0.15) is 11.6 Å². The van der Waals surface area contributed by atoms with Gasteiger partial charge in [0.15, 0.2) is 0 Å². The Hall–Kier alpha value is -2.21. The Morgan fingerprint density at radius 3 is 2.55 bits per heavy atom. The molecule has 3 rings (SSSR count). The molecule has 0 spiro atoms. The molecule has 0 saturated carbocycles. The van der Waals surface area contributed by atoms with E-state index in [1.807, 2.05) is 0 Å². The van der Waals surface area contributed by atoms with E-state index in [1.54, 1.807) is 18.2 Å². The fourth-order valence-corrected chi connectivity index (χ4v) is 3.61. The van der Waals surface area contributed by atoms with Gasteiger partial charge in [-0.3, -0.25) is 9.52 Å². The summed E-state index contributed by atoms with van der Waals surface area (Å²) in [6.07, 6.45) is 1.31. The monoisotopic (exact) mass is 319 g/mol. The summed E-state index contributed by atoms with van der Waals surface area (Å²) in [5.74, 6) is -0.470. The fraction of sp³-hybridized carbons (Fsp3) is 0.188. The van der Waals surface area contributed by atoms with E-state index in [0.717, 1.165) is 11.1 Å². The van der Waals surface area contributed by atoms with E-state index in [9.17, 15) is 17.6 Å². The van der Waals surface area contributed by atoms with Gasteiger partial charge in [0.05, 0.1) is 10.6 Å². The molecule has 0 atom stereocenters. The van der Waals surface area contributed by atoms with Gasteiger partial charge < -0.3 is 0 Å². The Kier molecular flexibility index (Phi) is 3.70. The Morgan fingerprint density at radius 1 is 1.00 bits per heavy atom. The van der Waals surface area contributed by atoms with E-state index in [0.29, 0.717) is 19.3 Å². The number of carbonyl (C=O) groups excluding carboxylic acids is 1. The predicted octanol–water partition coefficient (Wildman–Crippen LogP) is 2.68. The summed E-state index contributed by atoms with van der Waals surface area (Å²) in [7, 11) is -3.86. The third-order valence-corrected chi connectivity index (χ3v) is 5.03. The standard InChI is InChI=1S/C16H14FNO3S/c17-15-3-1-2-4-16(15)18-22(20,21)14-8-6-11-9-13(19)7-5-12(11)10-14/h1-4,6,8,10,18H,5,7,9H2. The Labute approximate surface area is 128 Å². The number of Topliss-reactive ketones (excluding diaryl/α,β-unsaturated/α-hetero) is 1. The van der Waals surface area contributed by atoms with Crippen LogP contribution in [0.1, 0.15) is 17.5 Å². The molecule has 0 unspecified atom stereocenters. The first-order valence-corrected chi connectivity index (χ1v) is 8.35. The van der Waals surface area contributed by atoms with Gasteiger partial charge in [-0.05, 0) is 41.8 Å². The van der Waals surface area contributed by atoms with Gasteiger partial charge in [0.25, 0.3) is 10.0 Å². The first-order valence-electron chi connectivity index (χ1n) is 6.86. The van der Waals surface area contributed by atoms with E-state index in [-0.39, 0.29) is 16.4 Å². The first kappa shape index (κ1) is 14.7. The van der Waals surface area contributed by atoms with Crippen molar-refractivity contribution >= 4 is 21.5 Å². The summed E-state index contributed by atoms with van der Waals surface area (Å²) in [4.78, 5) is 11.5. The fourth-order valence-electron chi connectivity index (χ4n) is 2.50. The SMILES string of the molecule is O=C1CCc2cc(S(=O)(=O)Nc3ccccc3F)ccc2C1. The molecule has 1 N–H and O–H groups in total. The Bertz CT molecular complexity index is 846. The molecular formula is C16H14FNO3S. The molecule has 0 saturated heterocycles. The number of fused-ring (bicyclic) bond motifs is 1. The van der Waals surface area contributed by atoms with Crippen LogP contribution in [-0.4, -0.2) is 14.2 Å². The van der Waals surface area contributed by atoms with Crippen molar-refractivity contribution in [3.8, 4) is 0 Å². The molecule has 22 heavy (non-hydrogen) atoms. The van der Waals surface area contributed by atoms with Crippen molar-refractivity contribution in [1.29, 1.82) is 0 Å². The first-order chi connectivity index (χ1) is 10.5. The van der Waals surface area contributed by atoms with Gasteiger partial charge >= 0.3 is 0 Å². The van der Waals surface area contributed by atoms with Crippen molar-refractivity contribution in [1.82, 2.24) is 0 Å². The Balaban J connectivity index is 1.93. The zero-order valence-corrected chi connectivity index (χ0v) is 12.5. The van der Waals surface area contributed by atoms with Crippen molar-refractivity contribution in [3.63, 3.8) is 0 Å². The van der Waals surface area contributed by atoms with Crippen LogP contribution in [0.25, 0.3) is 0 Å². The molecule has 4 nitrogen and oxygen atoms in total. The number of para-hydroxylation sites is 1. The van der Waals surface area contributed by atoms with Crippen LogP contribution in [0.5, 0.6) is 0 Å². The molecule has 0 aliphatic heterocycles. The van der Waals surface area contributed by atoms with Crippen LogP contribution in [0.4, 0.5) is 10.1 Å². The van der Waals surface area contributed by atoms with Gasteiger partial charge in [-0.2, -0.15) is 0 Å². The number of nitrogens with one attached hydrogen (secondary N) is 1. The molecule has 0 fully saturated rings. The van der Waals surface area contributed by atoms with Crippen LogP contribution < -0.4 is 4.72 Å². The number of rotatable bonds is 3. The molecule has 114 valence electrons. The van der Waals surface area contributed by atoms with Gasteiger partial charge in [-0.15, -0.1) is 0 Å². The lowest BCUT2D eigenvalue weighted by Gasteiger charge is -2.16. The van der Waals surface area contributed by atoms with Crippen molar-refractivity contribution in [2.75, 3.05) is 4.72 Å². The number of halogens is 1. The smallest absolute Gasteiger partial charge is 0.261 e. The molecule has 0 radical (unpaired) electrons. The molecular weight excluding hydrogens is 305 g/mol. The lowest BCUT2D eigenvalue weighted by Crippen LogP contribution is -2.17. The predicted molar refractivity (Wildman–Crippen MR) is 80.7 cm³/mol. The maximum Gasteiger partial charge on any atom is 0.261 e. The number of ketones is 1. The van der Waals surface area contributed by atoms with Crippen molar-refractivity contribution in [2.24, 2.45) is 0 Å². The van der Waals surface area contributed by atoms with Crippen molar-refractivity contribution < 1.29 is 17.6 Å². The summed E-state index contributed by atoms with van der Waals surface area (Å²) >= 11 is 0. The maximum atomic E-state index is 13.6. The molecule has 0 heterocycles. The number of hydrogen-bond donors (Lipinski definition) is 1. The summed E-state index contributed by atoms with van der Waals surface area (Å²) < 4.78 is 40.6. The number of aryl methyl sites for hydroxylation is 1. The highest BCUT2D eigenvalue weighted by atomic mass is 32.2. The van der Waals surface area contributed by atoms with E-state index in [1.165, 1.54) is 24.3 Å². The van der Waals surface area contributed by atoms with Crippen LogP contribution in [0.15, 0.2) is 47.4 Å². The molecule has 0 amide bonds. The zero-order chi connectivity index (χ0) is 15.7. The Morgan fingerprint density at radius 2 is 1.77 bits per heavy atom. The van der Waals surface area contributed by atoms with Crippen LogP contribution in [-0.2, 0) is 27.7 Å². The van der Waals surface area contributed by atoms with E-state index < -0.39 is 15.8 Å². The van der Waals surface area contributed by atoms with Crippen molar-refractivity contribution in [2.45, 2.75) is 24.2 Å². The molecule has 0 bridgehead atoms. The molecule has 1 aliphatic carbocycles. The number of benzene rings is 2. The number of sulfonamides is 1. The lowest BCUT2D eigenvalue weighted by molar-refractivity contribution is -0.118. The lowest BCUT2D eigenvalue weighted by atomic mass is 9.91. The van der Waals surface area contributed by atoms with Crippen LogP contribution in [0.3, 0.4) is 0 Å². The van der Waals surface area contributed by atoms with Gasteiger partial charge in [-0.25, -0.2) is 12.8 Å². The average Bonchev–Trinajstić information content (AvgIpc) is 2.49. The second-order valence-corrected chi connectivity index (χ2v) is 6.91. The largest absolute Gasteiger partial charge is 0.299 e. The number of anilines is 1. The number of carbonyl (C=O) groups is 1. The molecule has 2 aromatic rings. The third kappa shape index (κ3) is 2.87. The topological polar surface area (TPSA) is 63.2 Å². The van der Waals surface area contributed by atoms with Gasteiger partial charge in [0, 0.05) is 12.8 Å². The van der Waals surface area contributed by atoms with Gasteiger partial charge in [-0.1, -0.05) is 18.2 Å². The average molecular weight is 319 g/mol. The van der Waals surface area contributed by atoms with Crippen LogP contribution in [0.2, 0.25) is 0 Å². The maximum absolute atomic E-state index is 13.6. The minimum atomic E-state index is -3.86. The molecule has 1 aliphatic rings. The molecule has 2 aromatic carbocycles. The quantitative estimate of drug-likeness (QED) is 0.946. The van der Waals surface area contributed by atoms with Crippen molar-refractivity contribution in [3.05, 3.63) is 59.4 Å². The highest BCUT2D eigenvalue weighted by Crippen LogP contribution is 2.24. The van der Waals surface area contributed by atoms with Crippen LogP contribution in [0, 0.1) is 5.82 Å². The van der Waals surface area contributed by atoms with Crippen LogP contribution >= 0.6 is 0 Å². The minimum absolute atomic E-state index is 0.0730. The summed E-state index contributed by atoms with van der Waals surface area (Å²) in [5.41, 5.74) is 1.63. The second-order valence-electron chi connectivity index (χ2n) is 5.23. The summed E-state index contributed by atoms with van der Waals surface area (Å²) in [6, 6.07) is 10.3. The third-order valence-electron chi connectivity index (χ3n) is 3.67. The second kappa shape index (κ2) is 5.53. The van der Waals surface area contributed by atoms with E-state index in [4.69, 9.17) is 0 Å². The van der Waals surface area contributed by atoms with E-state index >= 15 is 0 Å². The summed E-state index contributed by atoms with van der Waals surface area (Å²) in [5, 5.41) is 0. The van der Waals surface area contributed by atoms with E-state index in [2.05, 4.69) is 4.72 Å². The highest BCUT2D eigenvalue weighted by Gasteiger charge is 2.21. The summed E-state index contributed by atoms with van der Waals surface area (Å²) in [6.45, 7) is 0. The normalized spacial score (nSPS) is 14.5. The molecule has 0 aromatic heterocycles. The number of hydrogen-bond acceptors (Lipinski definition) is 3. The molecule has 6 heteroatoms. The van der Waals surface area contributed by atoms with Gasteiger partial charge in [0.2, 0.25) is 0 Å². The zero-order valence-electron chi connectivity index (χ0n) is 11.7.